The number of carbonyl (C=O) groups is 1. The van der Waals surface area contributed by atoms with Crippen LogP contribution in [0.4, 0.5) is 0 Å². The number of ether oxygens (including phenoxy) is 1. The molecule has 0 aromatic heterocycles. The van der Waals surface area contributed by atoms with Crippen molar-refractivity contribution in [2.75, 3.05) is 20.2 Å². The van der Waals surface area contributed by atoms with Gasteiger partial charge in [0.1, 0.15) is 0 Å². The highest BCUT2D eigenvalue weighted by atomic mass is 35.5. The first-order chi connectivity index (χ1) is 10.7. The number of hydrogen-bond donors (Lipinski definition) is 1. The highest BCUT2D eigenvalue weighted by Crippen LogP contribution is 2.25. The van der Waals surface area contributed by atoms with Gasteiger partial charge in [-0.15, -0.1) is 12.4 Å². The van der Waals surface area contributed by atoms with Gasteiger partial charge in [0, 0.05) is 26.2 Å². The van der Waals surface area contributed by atoms with Gasteiger partial charge in [-0.3, -0.25) is 4.79 Å². The summed E-state index contributed by atoms with van der Waals surface area (Å²) >= 11 is 0. The van der Waals surface area contributed by atoms with Gasteiger partial charge in [0.15, 0.2) is 0 Å². The van der Waals surface area contributed by atoms with Crippen LogP contribution < -0.4 is 5.73 Å². The summed E-state index contributed by atoms with van der Waals surface area (Å²) < 4.78 is 5.27. The van der Waals surface area contributed by atoms with Gasteiger partial charge in [0.2, 0.25) is 5.91 Å². The van der Waals surface area contributed by atoms with Crippen molar-refractivity contribution in [1.29, 1.82) is 0 Å². The molecule has 0 bridgehead atoms. The second-order valence-electron chi connectivity index (χ2n) is 6.05. The van der Waals surface area contributed by atoms with Crippen LogP contribution in [-0.4, -0.2) is 43.2 Å². The van der Waals surface area contributed by atoms with Gasteiger partial charge in [-0.1, -0.05) is 31.2 Å². The third-order valence-corrected chi connectivity index (χ3v) is 4.54. The lowest BCUT2D eigenvalue weighted by molar-refractivity contribution is -0.136. The number of nitrogens with zero attached hydrogens (tertiary/aromatic N) is 1. The van der Waals surface area contributed by atoms with E-state index < -0.39 is 0 Å². The molecule has 5 heteroatoms. The maximum absolute atomic E-state index is 12.7. The number of nitrogens with two attached hydrogens (primary N) is 1. The number of methoxy groups -OCH3 is 1. The first-order valence-electron chi connectivity index (χ1n) is 8.28. The predicted molar refractivity (Wildman–Crippen MR) is 96.0 cm³/mol. The first-order valence-corrected chi connectivity index (χ1v) is 8.28. The van der Waals surface area contributed by atoms with E-state index >= 15 is 0 Å². The van der Waals surface area contributed by atoms with Crippen molar-refractivity contribution >= 4 is 18.3 Å². The Bertz CT molecular complexity index is 492. The van der Waals surface area contributed by atoms with Gasteiger partial charge in [-0.2, -0.15) is 0 Å². The average Bonchev–Trinajstić information content (AvgIpc) is 2.56. The molecular weight excluding hydrogens is 312 g/mol. The van der Waals surface area contributed by atoms with Crippen LogP contribution in [0.1, 0.15) is 37.3 Å². The van der Waals surface area contributed by atoms with E-state index in [2.05, 4.69) is 36.1 Å². The summed E-state index contributed by atoms with van der Waals surface area (Å²) in [4.78, 5) is 14.7. The fraction of sp³-hybridized carbons (Fsp3) is 0.611. The molecule has 0 saturated heterocycles. The monoisotopic (exact) mass is 340 g/mol. The van der Waals surface area contributed by atoms with Crippen molar-refractivity contribution in [3.63, 3.8) is 0 Å². The highest BCUT2D eigenvalue weighted by Gasteiger charge is 2.28. The van der Waals surface area contributed by atoms with Crippen molar-refractivity contribution in [3.05, 3.63) is 35.4 Å². The Balaban J connectivity index is 0.00000264. The maximum atomic E-state index is 12.7. The number of aryl methyl sites for hydroxylation is 1. The van der Waals surface area contributed by atoms with Crippen molar-refractivity contribution in [1.82, 2.24) is 4.90 Å². The number of benzene rings is 1. The Morgan fingerprint density at radius 2 is 2.09 bits per heavy atom. The van der Waals surface area contributed by atoms with Crippen LogP contribution in [0.2, 0.25) is 0 Å². The number of fused-ring (bicyclic) bond motifs is 1. The molecule has 2 rings (SSSR count). The molecular formula is C18H29ClN2O2. The van der Waals surface area contributed by atoms with Crippen LogP contribution in [0.3, 0.4) is 0 Å². The largest absolute Gasteiger partial charge is 0.380 e. The quantitative estimate of drug-likeness (QED) is 0.830. The number of carbonyl (C=O) groups excluding carboxylic acids is 1. The van der Waals surface area contributed by atoms with E-state index in [1.807, 2.05) is 0 Å². The molecule has 1 aromatic rings. The van der Waals surface area contributed by atoms with Crippen molar-refractivity contribution in [3.8, 4) is 0 Å². The molecule has 1 aromatic carbocycles. The average molecular weight is 341 g/mol. The lowest BCUT2D eigenvalue weighted by Crippen LogP contribution is -2.45. The van der Waals surface area contributed by atoms with Crippen LogP contribution in [0.5, 0.6) is 0 Å². The summed E-state index contributed by atoms with van der Waals surface area (Å²) in [6.07, 6.45) is 4.24. The minimum Gasteiger partial charge on any atom is -0.380 e. The molecule has 2 unspecified atom stereocenters. The second-order valence-corrected chi connectivity index (χ2v) is 6.05. The Morgan fingerprint density at radius 3 is 2.70 bits per heavy atom. The minimum atomic E-state index is -0.178. The molecule has 1 aliphatic rings. The Hall–Kier alpha value is -1.10. The molecule has 2 atom stereocenters. The molecule has 23 heavy (non-hydrogen) atoms. The molecule has 0 fully saturated rings. The molecule has 2 N–H and O–H groups in total. The van der Waals surface area contributed by atoms with Gasteiger partial charge in [-0.25, -0.2) is 0 Å². The lowest BCUT2D eigenvalue weighted by Gasteiger charge is -2.36. The van der Waals surface area contributed by atoms with Gasteiger partial charge in [0.25, 0.3) is 0 Å². The maximum Gasteiger partial charge on any atom is 0.225 e. The second kappa shape index (κ2) is 9.91. The van der Waals surface area contributed by atoms with Crippen LogP contribution >= 0.6 is 12.4 Å². The zero-order valence-electron chi connectivity index (χ0n) is 14.2. The number of halogens is 1. The van der Waals surface area contributed by atoms with Crippen molar-refractivity contribution in [2.24, 2.45) is 5.73 Å². The number of hydrogen-bond acceptors (Lipinski definition) is 3. The lowest BCUT2D eigenvalue weighted by atomic mass is 9.87. The molecule has 0 saturated carbocycles. The molecule has 0 heterocycles. The number of amides is 1. The van der Waals surface area contributed by atoms with Crippen molar-refractivity contribution < 1.29 is 9.53 Å². The van der Waals surface area contributed by atoms with Gasteiger partial charge in [0.05, 0.1) is 12.5 Å². The Kier molecular flexibility index (Phi) is 8.59. The third kappa shape index (κ3) is 5.20. The van der Waals surface area contributed by atoms with E-state index in [1.165, 1.54) is 11.1 Å². The summed E-state index contributed by atoms with van der Waals surface area (Å²) in [5, 5.41) is 0. The summed E-state index contributed by atoms with van der Waals surface area (Å²) in [6, 6.07) is 8.87. The Labute approximate surface area is 145 Å². The van der Waals surface area contributed by atoms with Crippen molar-refractivity contribution in [2.45, 2.75) is 51.2 Å². The van der Waals surface area contributed by atoms with Crippen LogP contribution in [0.15, 0.2) is 24.3 Å². The predicted octanol–water partition coefficient (Wildman–Crippen LogP) is 2.57. The van der Waals surface area contributed by atoms with Crippen LogP contribution in [-0.2, 0) is 22.4 Å². The van der Waals surface area contributed by atoms with E-state index in [4.69, 9.17) is 10.5 Å². The van der Waals surface area contributed by atoms with E-state index in [9.17, 15) is 4.79 Å². The van der Waals surface area contributed by atoms with Gasteiger partial charge >= 0.3 is 0 Å². The van der Waals surface area contributed by atoms with Gasteiger partial charge < -0.3 is 15.4 Å². The summed E-state index contributed by atoms with van der Waals surface area (Å²) in [6.45, 7) is 3.32. The topological polar surface area (TPSA) is 55.6 Å². The van der Waals surface area contributed by atoms with Crippen LogP contribution in [0, 0.1) is 0 Å². The smallest absolute Gasteiger partial charge is 0.225 e. The molecule has 1 aliphatic carbocycles. The summed E-state index contributed by atoms with van der Waals surface area (Å²) in [7, 11) is 1.62. The normalized spacial score (nSPS) is 17.8. The van der Waals surface area contributed by atoms with E-state index in [0.29, 0.717) is 19.0 Å². The van der Waals surface area contributed by atoms with Crippen LogP contribution in [0.25, 0.3) is 0 Å². The Morgan fingerprint density at radius 1 is 1.39 bits per heavy atom. The third-order valence-electron chi connectivity index (χ3n) is 4.54. The van der Waals surface area contributed by atoms with Gasteiger partial charge in [-0.05, 0) is 36.8 Å². The standard InChI is InChI=1S/C18H28N2O2.ClH/c1-3-10-20(18(21)12-17(13-19)22-2)16-9-8-14-6-4-5-7-15(14)11-16;/h4-7,16-17H,3,8-13,19H2,1-2H3;1H. The zero-order chi connectivity index (χ0) is 15.9. The minimum absolute atomic E-state index is 0. The zero-order valence-corrected chi connectivity index (χ0v) is 15.0. The SMILES string of the molecule is CCCN(C(=O)CC(CN)OC)C1CCc2ccccc2C1.Cl. The number of rotatable bonds is 7. The summed E-state index contributed by atoms with van der Waals surface area (Å²) in [5.74, 6) is 0.170. The molecule has 0 radical (unpaired) electrons. The molecule has 0 aliphatic heterocycles. The van der Waals surface area contributed by atoms with E-state index in [1.54, 1.807) is 7.11 Å². The van der Waals surface area contributed by atoms with E-state index in [0.717, 1.165) is 32.2 Å². The molecule has 1 amide bonds. The summed E-state index contributed by atoms with van der Waals surface area (Å²) in [5.41, 5.74) is 8.47. The first kappa shape index (κ1) is 19.9. The molecule has 0 spiro atoms. The highest BCUT2D eigenvalue weighted by molar-refractivity contribution is 5.85. The fourth-order valence-electron chi connectivity index (χ4n) is 3.27. The van der Waals surface area contributed by atoms with E-state index in [-0.39, 0.29) is 24.4 Å². The fourth-order valence-corrected chi connectivity index (χ4v) is 3.27. The molecule has 130 valence electrons. The molecule has 4 nitrogen and oxygen atoms in total.